The van der Waals surface area contributed by atoms with Crippen LogP contribution in [-0.2, 0) is 9.59 Å². The van der Waals surface area contributed by atoms with Gasteiger partial charge in [-0.25, -0.2) is 4.79 Å². The number of nitrogens with zero attached hydrogens (tertiary/aromatic N) is 1. The van der Waals surface area contributed by atoms with Crippen LogP contribution < -0.4 is 0 Å². The van der Waals surface area contributed by atoms with E-state index in [9.17, 15) is 9.59 Å². The summed E-state index contributed by atoms with van der Waals surface area (Å²) in [4.78, 5) is 23.3. The first-order valence-electron chi connectivity index (χ1n) is 3.61. The fourth-order valence-electron chi connectivity index (χ4n) is 1.31. The Kier molecular flexibility index (Phi) is 3.23. The normalized spacial score (nSPS) is 25.2. The van der Waals surface area contributed by atoms with Crippen molar-refractivity contribution in [3.05, 3.63) is 11.8 Å². The van der Waals surface area contributed by atoms with Gasteiger partial charge >= 0.3 is 5.97 Å². The standard InChI is InChI=1S/C7H7NO3S.HI/c9-6-3-4(7(10)11)8-2-1-5(8)12-6;/h3,5H,1-2H2,(H,10,11);1H. The van der Waals surface area contributed by atoms with Crippen LogP contribution in [0.2, 0.25) is 0 Å². The van der Waals surface area contributed by atoms with Gasteiger partial charge in [0, 0.05) is 12.6 Å². The minimum absolute atomic E-state index is 0. The Morgan fingerprint density at radius 3 is 2.85 bits per heavy atom. The van der Waals surface area contributed by atoms with Gasteiger partial charge in [-0.15, -0.1) is 24.0 Å². The van der Waals surface area contributed by atoms with Crippen molar-refractivity contribution >= 4 is 46.8 Å². The molecule has 0 aromatic rings. The molecule has 0 radical (unpaired) electrons. The second-order valence-corrected chi connectivity index (χ2v) is 3.89. The number of carbonyl (C=O) groups excluding carboxylic acids is 1. The van der Waals surface area contributed by atoms with Crippen LogP contribution in [0.15, 0.2) is 11.8 Å². The summed E-state index contributed by atoms with van der Waals surface area (Å²) >= 11 is 1.20. The number of fused-ring (bicyclic) bond motifs is 1. The van der Waals surface area contributed by atoms with Crippen molar-refractivity contribution in [1.29, 1.82) is 0 Å². The lowest BCUT2D eigenvalue weighted by Crippen LogP contribution is -2.49. The number of hydrogen-bond acceptors (Lipinski definition) is 4. The first-order valence-corrected chi connectivity index (χ1v) is 4.48. The van der Waals surface area contributed by atoms with Crippen molar-refractivity contribution < 1.29 is 14.7 Å². The lowest BCUT2D eigenvalue weighted by atomic mass is 10.2. The lowest BCUT2D eigenvalue weighted by molar-refractivity contribution is -0.135. The number of carboxylic acid groups (broad SMARTS) is 1. The van der Waals surface area contributed by atoms with E-state index in [-0.39, 0.29) is 40.2 Å². The summed E-state index contributed by atoms with van der Waals surface area (Å²) in [6.07, 6.45) is 2.10. The molecule has 1 atom stereocenters. The number of rotatable bonds is 1. The fraction of sp³-hybridized carbons (Fsp3) is 0.429. The summed E-state index contributed by atoms with van der Waals surface area (Å²) in [6.45, 7) is 0.753. The van der Waals surface area contributed by atoms with Gasteiger partial charge in [0.15, 0.2) is 0 Å². The van der Waals surface area contributed by atoms with Crippen molar-refractivity contribution in [2.45, 2.75) is 11.8 Å². The largest absolute Gasteiger partial charge is 0.477 e. The third-order valence-electron chi connectivity index (χ3n) is 2.00. The van der Waals surface area contributed by atoms with E-state index in [1.54, 1.807) is 4.90 Å². The molecule has 1 fully saturated rings. The average Bonchev–Trinajstić information content (AvgIpc) is 1.95. The van der Waals surface area contributed by atoms with E-state index in [0.29, 0.717) is 0 Å². The molecular formula is C7H8INO3S. The summed E-state index contributed by atoms with van der Waals surface area (Å²) in [7, 11) is 0. The maximum absolute atomic E-state index is 11.0. The molecule has 0 amide bonds. The molecule has 2 rings (SSSR count). The van der Waals surface area contributed by atoms with Gasteiger partial charge in [0.2, 0.25) is 5.12 Å². The summed E-state index contributed by atoms with van der Waals surface area (Å²) in [5.41, 5.74) is 0.148. The molecule has 6 heteroatoms. The van der Waals surface area contributed by atoms with Gasteiger partial charge in [-0.05, 0) is 6.42 Å². The smallest absolute Gasteiger partial charge is 0.352 e. The molecule has 13 heavy (non-hydrogen) atoms. The van der Waals surface area contributed by atoms with E-state index in [2.05, 4.69) is 0 Å². The number of thioether (sulfide) groups is 1. The number of halogens is 1. The van der Waals surface area contributed by atoms with Crippen LogP contribution in [0.3, 0.4) is 0 Å². The Morgan fingerprint density at radius 1 is 1.69 bits per heavy atom. The molecule has 0 spiro atoms. The minimum atomic E-state index is -1.01. The summed E-state index contributed by atoms with van der Waals surface area (Å²) in [5, 5.41) is 8.64. The lowest BCUT2D eigenvalue weighted by Gasteiger charge is -2.43. The van der Waals surface area contributed by atoms with Gasteiger partial charge in [0.25, 0.3) is 0 Å². The van der Waals surface area contributed by atoms with Crippen LogP contribution in [0.5, 0.6) is 0 Å². The van der Waals surface area contributed by atoms with E-state index in [4.69, 9.17) is 5.11 Å². The number of carbonyl (C=O) groups is 2. The Labute approximate surface area is 96.4 Å². The zero-order chi connectivity index (χ0) is 8.72. The number of hydrogen-bond donors (Lipinski definition) is 1. The molecule has 0 bridgehead atoms. The molecule has 0 aliphatic carbocycles. The molecular weight excluding hydrogens is 305 g/mol. The molecule has 0 aromatic carbocycles. The van der Waals surface area contributed by atoms with E-state index >= 15 is 0 Å². The number of aliphatic carboxylic acids is 1. The van der Waals surface area contributed by atoms with E-state index in [0.717, 1.165) is 13.0 Å². The van der Waals surface area contributed by atoms with Gasteiger partial charge < -0.3 is 10.0 Å². The molecule has 1 saturated heterocycles. The Bertz CT molecular complexity index is 291. The highest BCUT2D eigenvalue weighted by Crippen LogP contribution is 2.36. The van der Waals surface area contributed by atoms with Crippen LogP contribution in [-0.4, -0.2) is 33.0 Å². The van der Waals surface area contributed by atoms with Gasteiger partial charge in [0.1, 0.15) is 5.70 Å². The predicted molar refractivity (Wildman–Crippen MR) is 58.8 cm³/mol. The zero-order valence-corrected chi connectivity index (χ0v) is 9.74. The molecule has 2 heterocycles. The second-order valence-electron chi connectivity index (χ2n) is 2.71. The summed E-state index contributed by atoms with van der Waals surface area (Å²) in [6, 6.07) is 0. The molecule has 0 saturated carbocycles. The van der Waals surface area contributed by atoms with Crippen molar-refractivity contribution in [2.24, 2.45) is 0 Å². The maximum atomic E-state index is 11.0. The van der Waals surface area contributed by atoms with Crippen molar-refractivity contribution in [3.8, 4) is 0 Å². The first-order chi connectivity index (χ1) is 5.68. The molecule has 2 aliphatic rings. The van der Waals surface area contributed by atoms with Crippen molar-refractivity contribution in [3.63, 3.8) is 0 Å². The van der Waals surface area contributed by atoms with E-state index in [1.807, 2.05) is 0 Å². The predicted octanol–water partition coefficient (Wildman–Crippen LogP) is 0.878. The van der Waals surface area contributed by atoms with Crippen LogP contribution in [0.25, 0.3) is 0 Å². The highest BCUT2D eigenvalue weighted by molar-refractivity contribution is 14.0. The SMILES string of the molecule is I.O=C1C=C(C(=O)O)N2CCC2S1. The molecule has 72 valence electrons. The maximum Gasteiger partial charge on any atom is 0.352 e. The summed E-state index contributed by atoms with van der Waals surface area (Å²) in [5.74, 6) is -1.01. The van der Waals surface area contributed by atoms with Gasteiger partial charge in [-0.2, -0.15) is 0 Å². The monoisotopic (exact) mass is 313 g/mol. The Balaban J connectivity index is 0.000000845. The summed E-state index contributed by atoms with van der Waals surface area (Å²) < 4.78 is 0. The average molecular weight is 313 g/mol. The van der Waals surface area contributed by atoms with Crippen LogP contribution in [0.1, 0.15) is 6.42 Å². The van der Waals surface area contributed by atoms with Crippen molar-refractivity contribution in [1.82, 2.24) is 4.90 Å². The van der Waals surface area contributed by atoms with E-state index < -0.39 is 5.97 Å². The second kappa shape index (κ2) is 3.87. The third kappa shape index (κ3) is 1.83. The highest BCUT2D eigenvalue weighted by atomic mass is 127. The Hall–Kier alpha value is -0.240. The van der Waals surface area contributed by atoms with Crippen LogP contribution >= 0.6 is 35.7 Å². The molecule has 2 aliphatic heterocycles. The van der Waals surface area contributed by atoms with Crippen LogP contribution in [0, 0.1) is 0 Å². The molecule has 4 nitrogen and oxygen atoms in total. The van der Waals surface area contributed by atoms with Crippen molar-refractivity contribution in [2.75, 3.05) is 6.54 Å². The zero-order valence-electron chi connectivity index (χ0n) is 6.60. The first kappa shape index (κ1) is 10.8. The topological polar surface area (TPSA) is 57.6 Å². The highest BCUT2D eigenvalue weighted by Gasteiger charge is 2.38. The molecule has 1 unspecified atom stereocenters. The number of carboxylic acids is 1. The molecule has 0 aromatic heterocycles. The molecule has 1 N–H and O–H groups in total. The van der Waals surface area contributed by atoms with Gasteiger partial charge in [0.05, 0.1) is 5.37 Å². The van der Waals surface area contributed by atoms with Gasteiger partial charge in [-0.1, -0.05) is 11.8 Å². The fourth-order valence-corrected chi connectivity index (χ4v) is 2.33. The third-order valence-corrected chi connectivity index (χ3v) is 3.11. The minimum Gasteiger partial charge on any atom is -0.477 e. The quantitative estimate of drug-likeness (QED) is 0.728. The van der Waals surface area contributed by atoms with E-state index in [1.165, 1.54) is 17.8 Å². The van der Waals surface area contributed by atoms with Gasteiger partial charge in [-0.3, -0.25) is 4.79 Å². The van der Waals surface area contributed by atoms with Crippen LogP contribution in [0.4, 0.5) is 0 Å². The Morgan fingerprint density at radius 2 is 2.38 bits per heavy atom.